The van der Waals surface area contributed by atoms with Crippen LogP contribution in [0.1, 0.15) is 22.9 Å². The van der Waals surface area contributed by atoms with Crippen LogP contribution in [0.3, 0.4) is 0 Å². The van der Waals surface area contributed by atoms with E-state index >= 15 is 0 Å². The number of aryl methyl sites for hydroxylation is 1. The van der Waals surface area contributed by atoms with E-state index in [1.807, 2.05) is 31.2 Å². The van der Waals surface area contributed by atoms with Crippen LogP contribution in [0.25, 0.3) is 11.1 Å². The molecule has 0 aliphatic carbocycles. The van der Waals surface area contributed by atoms with Crippen LogP contribution in [0.4, 0.5) is 5.69 Å². The molecular formula is C25H22ClN3O4. The van der Waals surface area contributed by atoms with E-state index < -0.39 is 30.1 Å². The van der Waals surface area contributed by atoms with E-state index in [1.165, 1.54) is 0 Å². The van der Waals surface area contributed by atoms with Crippen molar-refractivity contribution in [2.45, 2.75) is 19.6 Å². The number of aliphatic hydroxyl groups is 1. The molecule has 4 aromatic rings. The average Bonchev–Trinajstić information content (AvgIpc) is 3.07. The molecule has 4 N–H and O–H groups in total. The highest BCUT2D eigenvalue weighted by atomic mass is 35.5. The van der Waals surface area contributed by atoms with Gasteiger partial charge in [0.15, 0.2) is 0 Å². The monoisotopic (exact) mass is 463 g/mol. The maximum absolute atomic E-state index is 12.4. The summed E-state index contributed by atoms with van der Waals surface area (Å²) in [5, 5.41) is 24.8. The third-order valence-corrected chi connectivity index (χ3v) is 5.49. The van der Waals surface area contributed by atoms with Gasteiger partial charge >= 0.3 is 5.69 Å². The fraction of sp³-hybridized carbons (Fsp3) is 0.120. The zero-order valence-electron chi connectivity index (χ0n) is 17.7. The molecule has 4 rings (SSSR count). The number of aromatic amines is 1. The number of nitrogens with one attached hydrogen (secondary N) is 2. The van der Waals surface area contributed by atoms with E-state index in [4.69, 9.17) is 11.6 Å². The Hall–Kier alpha value is -3.81. The molecule has 0 bridgehead atoms. The summed E-state index contributed by atoms with van der Waals surface area (Å²) >= 11 is 5.95. The number of hydrogen-bond acceptors (Lipinski definition) is 4. The van der Waals surface area contributed by atoms with Crippen LogP contribution < -0.4 is 11.0 Å². The van der Waals surface area contributed by atoms with E-state index in [-0.39, 0.29) is 5.69 Å². The zero-order chi connectivity index (χ0) is 23.5. The number of aliphatic hydroxyl groups excluding tert-OH is 1. The number of anilines is 1. The first-order chi connectivity index (χ1) is 15.8. The van der Waals surface area contributed by atoms with Crippen molar-refractivity contribution in [1.82, 2.24) is 9.55 Å². The Morgan fingerprint density at radius 2 is 1.79 bits per heavy atom. The van der Waals surface area contributed by atoms with Gasteiger partial charge in [0.25, 0.3) is 0 Å². The lowest BCUT2D eigenvalue weighted by Crippen LogP contribution is -2.25. The van der Waals surface area contributed by atoms with Crippen molar-refractivity contribution in [1.29, 1.82) is 0 Å². The predicted molar refractivity (Wildman–Crippen MR) is 127 cm³/mol. The van der Waals surface area contributed by atoms with Crippen LogP contribution in [-0.2, 0) is 11.3 Å². The molecule has 0 saturated carbocycles. The molecule has 8 heteroatoms. The average molecular weight is 464 g/mol. The molecule has 0 radical (unpaired) electrons. The molecule has 7 nitrogen and oxygen atoms in total. The molecule has 1 aromatic heterocycles. The lowest BCUT2D eigenvalue weighted by molar-refractivity contribution is -0.116. The van der Waals surface area contributed by atoms with E-state index in [0.29, 0.717) is 16.3 Å². The van der Waals surface area contributed by atoms with Crippen LogP contribution >= 0.6 is 11.6 Å². The summed E-state index contributed by atoms with van der Waals surface area (Å²) < 4.78 is 0.882. The molecular weight excluding hydrogens is 442 g/mol. The Morgan fingerprint density at radius 1 is 1.06 bits per heavy atom. The van der Waals surface area contributed by atoms with Gasteiger partial charge in [-0.2, -0.15) is 0 Å². The Balaban J connectivity index is 1.56. The number of nitrogens with zero attached hydrogens (tertiary/aromatic N) is 1. The highest BCUT2D eigenvalue weighted by Crippen LogP contribution is 2.30. The summed E-state index contributed by atoms with van der Waals surface area (Å²) in [5.74, 6) is -0.980. The van der Waals surface area contributed by atoms with E-state index in [0.717, 1.165) is 21.3 Å². The number of rotatable bonds is 6. The normalized spacial score (nSPS) is 11.8. The van der Waals surface area contributed by atoms with Crippen molar-refractivity contribution in [3.8, 4) is 17.0 Å². The fourth-order valence-corrected chi connectivity index (χ4v) is 3.71. The lowest BCUT2D eigenvalue weighted by Gasteiger charge is -2.12. The first kappa shape index (κ1) is 22.4. The van der Waals surface area contributed by atoms with Crippen LogP contribution in [0.2, 0.25) is 5.02 Å². The quantitative estimate of drug-likeness (QED) is 0.343. The number of carbonyl (C=O) groups is 1. The second kappa shape index (κ2) is 9.36. The summed E-state index contributed by atoms with van der Waals surface area (Å²) in [6.45, 7) is 1.49. The molecule has 0 aliphatic rings. The lowest BCUT2D eigenvalue weighted by atomic mass is 9.99. The van der Waals surface area contributed by atoms with Gasteiger partial charge < -0.3 is 20.5 Å². The molecule has 33 heavy (non-hydrogen) atoms. The minimum Gasteiger partial charge on any atom is -0.493 e. The van der Waals surface area contributed by atoms with Gasteiger partial charge in [-0.15, -0.1) is 0 Å². The van der Waals surface area contributed by atoms with Crippen LogP contribution in [0.5, 0.6) is 5.88 Å². The van der Waals surface area contributed by atoms with E-state index in [2.05, 4.69) is 10.3 Å². The molecule has 0 aliphatic heterocycles. The first-order valence-electron chi connectivity index (χ1n) is 10.2. The SMILES string of the molecule is Cc1cccc(NC(=O)Cn2c(O)c(C(O)c3cccc(-c4ccc(Cl)cc4)c3)[nH]c2=O)c1. The largest absolute Gasteiger partial charge is 0.493 e. The number of benzene rings is 3. The summed E-state index contributed by atoms with van der Waals surface area (Å²) in [4.78, 5) is 27.3. The second-order valence-corrected chi connectivity index (χ2v) is 8.14. The standard InChI is InChI=1S/C25H22ClN3O4/c1-15-4-2-7-20(12-15)27-21(30)14-29-24(32)22(28-25(29)33)23(31)18-6-3-5-17(13-18)16-8-10-19(26)11-9-16/h2-13,23,31-32H,14H2,1H3,(H,27,30)(H,28,33). The van der Waals surface area contributed by atoms with Gasteiger partial charge in [-0.25, -0.2) is 4.79 Å². The Labute approximate surface area is 194 Å². The smallest absolute Gasteiger partial charge is 0.329 e. The number of carbonyl (C=O) groups excluding carboxylic acids is 1. The Kier molecular flexibility index (Phi) is 6.35. The van der Waals surface area contributed by atoms with Crippen molar-refractivity contribution in [2.24, 2.45) is 0 Å². The zero-order valence-corrected chi connectivity index (χ0v) is 18.5. The van der Waals surface area contributed by atoms with Gasteiger partial charge in [-0.1, -0.05) is 54.1 Å². The van der Waals surface area contributed by atoms with Gasteiger partial charge in [0, 0.05) is 10.7 Å². The van der Waals surface area contributed by atoms with Crippen LogP contribution in [-0.4, -0.2) is 25.7 Å². The number of H-pyrrole nitrogens is 1. The fourth-order valence-electron chi connectivity index (χ4n) is 3.58. The minimum atomic E-state index is -1.30. The molecule has 0 saturated heterocycles. The maximum atomic E-state index is 12.4. The summed E-state index contributed by atoms with van der Waals surface area (Å²) in [5.41, 5.74) is 2.98. The highest BCUT2D eigenvalue weighted by molar-refractivity contribution is 6.30. The number of amides is 1. The van der Waals surface area contributed by atoms with Crippen molar-refractivity contribution < 1.29 is 15.0 Å². The molecule has 3 aromatic carbocycles. The summed E-state index contributed by atoms with van der Waals surface area (Å²) in [6, 6.07) is 21.6. The topological polar surface area (TPSA) is 107 Å². The van der Waals surface area contributed by atoms with Crippen LogP contribution in [0.15, 0.2) is 77.6 Å². The van der Waals surface area contributed by atoms with Gasteiger partial charge in [0.1, 0.15) is 18.3 Å². The first-order valence-corrected chi connectivity index (χ1v) is 10.6. The van der Waals surface area contributed by atoms with Crippen LogP contribution in [0, 0.1) is 6.92 Å². The van der Waals surface area contributed by atoms with E-state index in [1.54, 1.807) is 48.5 Å². The molecule has 0 spiro atoms. The second-order valence-electron chi connectivity index (χ2n) is 7.71. The molecule has 1 unspecified atom stereocenters. The number of aromatic hydroxyl groups is 1. The van der Waals surface area contributed by atoms with Gasteiger partial charge in [-0.3, -0.25) is 9.36 Å². The number of aromatic nitrogens is 2. The van der Waals surface area contributed by atoms with Crippen molar-refractivity contribution in [3.63, 3.8) is 0 Å². The van der Waals surface area contributed by atoms with Crippen molar-refractivity contribution in [3.05, 3.63) is 105 Å². The molecule has 0 fully saturated rings. The van der Waals surface area contributed by atoms with E-state index in [9.17, 15) is 19.8 Å². The van der Waals surface area contributed by atoms with Gasteiger partial charge in [0.05, 0.1) is 0 Å². The summed E-state index contributed by atoms with van der Waals surface area (Å²) in [7, 11) is 0. The Bertz CT molecular complexity index is 1360. The predicted octanol–water partition coefficient (Wildman–Crippen LogP) is 4.23. The maximum Gasteiger partial charge on any atom is 0.329 e. The third-order valence-electron chi connectivity index (χ3n) is 5.24. The number of hydrogen-bond donors (Lipinski definition) is 4. The molecule has 1 heterocycles. The molecule has 168 valence electrons. The number of halogens is 1. The third kappa shape index (κ3) is 5.00. The van der Waals surface area contributed by atoms with Gasteiger partial charge in [0.2, 0.25) is 11.8 Å². The van der Waals surface area contributed by atoms with Gasteiger partial charge in [-0.05, 0) is 59.5 Å². The van der Waals surface area contributed by atoms with Crippen molar-refractivity contribution in [2.75, 3.05) is 5.32 Å². The summed E-state index contributed by atoms with van der Waals surface area (Å²) in [6.07, 6.45) is -1.30. The minimum absolute atomic E-state index is 0.0865. The molecule has 1 amide bonds. The molecule has 1 atom stereocenters. The number of imidazole rings is 1. The Morgan fingerprint density at radius 3 is 2.52 bits per heavy atom. The highest BCUT2D eigenvalue weighted by Gasteiger charge is 2.23. The van der Waals surface area contributed by atoms with Crippen molar-refractivity contribution >= 4 is 23.2 Å².